The molecule has 2 N–H and O–H groups in total. The Kier molecular flexibility index (Phi) is 5.71. The molecule has 0 bridgehead atoms. The first-order valence-corrected chi connectivity index (χ1v) is 6.44. The topological polar surface area (TPSA) is 29.3 Å². The van der Waals surface area contributed by atoms with Crippen LogP contribution in [0.25, 0.3) is 0 Å². The fraction of sp³-hybridized carbons (Fsp3) is 0.571. The Morgan fingerprint density at radius 2 is 1.84 bits per heavy atom. The zero-order chi connectivity index (χ0) is 13.3. The van der Waals surface area contributed by atoms with Crippen molar-refractivity contribution in [1.82, 2.24) is 4.90 Å². The minimum Gasteiger partial charge on any atom is -0.328 e. The average molecular weight is 291 g/mol. The fourth-order valence-corrected chi connectivity index (χ4v) is 2.69. The summed E-state index contributed by atoms with van der Waals surface area (Å²) in [6, 6.07) is 3.92. The van der Waals surface area contributed by atoms with Gasteiger partial charge in [-0.3, -0.25) is 4.90 Å². The number of nitrogens with two attached hydrogens (primary N) is 1. The number of nitrogens with zero attached hydrogens (tertiary/aromatic N) is 1. The SMILES string of the molecule is CC(N)C1CCN(C(C)c2c(F)cccc2F)C1.Cl. The van der Waals surface area contributed by atoms with Gasteiger partial charge in [0.25, 0.3) is 0 Å². The van der Waals surface area contributed by atoms with Crippen LogP contribution in [-0.4, -0.2) is 24.0 Å². The molecule has 1 aliphatic heterocycles. The zero-order valence-corrected chi connectivity index (χ0v) is 12.1. The summed E-state index contributed by atoms with van der Waals surface area (Å²) in [6.45, 7) is 5.50. The highest BCUT2D eigenvalue weighted by molar-refractivity contribution is 5.85. The van der Waals surface area contributed by atoms with E-state index < -0.39 is 11.6 Å². The van der Waals surface area contributed by atoms with Crippen molar-refractivity contribution >= 4 is 12.4 Å². The predicted octanol–water partition coefficient (Wildman–Crippen LogP) is 3.12. The highest BCUT2D eigenvalue weighted by Gasteiger charge is 2.30. The van der Waals surface area contributed by atoms with Gasteiger partial charge in [-0.25, -0.2) is 8.78 Å². The van der Waals surface area contributed by atoms with Crippen molar-refractivity contribution < 1.29 is 8.78 Å². The Morgan fingerprint density at radius 1 is 1.26 bits per heavy atom. The van der Waals surface area contributed by atoms with Gasteiger partial charge in [-0.2, -0.15) is 0 Å². The van der Waals surface area contributed by atoms with Crippen molar-refractivity contribution in [3.8, 4) is 0 Å². The molecule has 1 aromatic rings. The summed E-state index contributed by atoms with van der Waals surface area (Å²) in [4.78, 5) is 2.11. The van der Waals surface area contributed by atoms with Gasteiger partial charge in [0, 0.05) is 24.2 Å². The molecule has 1 heterocycles. The minimum absolute atomic E-state index is 0. The van der Waals surface area contributed by atoms with Gasteiger partial charge in [0.05, 0.1) is 0 Å². The third-order valence-corrected chi connectivity index (χ3v) is 3.96. The third kappa shape index (κ3) is 3.44. The number of rotatable bonds is 3. The molecule has 1 fully saturated rings. The summed E-state index contributed by atoms with van der Waals surface area (Å²) in [6.07, 6.45) is 0.998. The van der Waals surface area contributed by atoms with Gasteiger partial charge in [-0.1, -0.05) is 6.07 Å². The second kappa shape index (κ2) is 6.64. The number of likely N-dealkylation sites (tertiary alicyclic amines) is 1. The summed E-state index contributed by atoms with van der Waals surface area (Å²) >= 11 is 0. The minimum atomic E-state index is -0.466. The summed E-state index contributed by atoms with van der Waals surface area (Å²) in [5, 5.41) is 0. The smallest absolute Gasteiger partial charge is 0.130 e. The number of benzene rings is 1. The van der Waals surface area contributed by atoms with Crippen LogP contribution in [0.1, 0.15) is 31.9 Å². The van der Waals surface area contributed by atoms with Crippen molar-refractivity contribution in [2.45, 2.75) is 32.4 Å². The maximum Gasteiger partial charge on any atom is 0.130 e. The molecule has 0 aliphatic carbocycles. The molecule has 3 unspecified atom stereocenters. The predicted molar refractivity (Wildman–Crippen MR) is 75.4 cm³/mol. The normalized spacial score (nSPS) is 22.9. The number of halogens is 3. The van der Waals surface area contributed by atoms with Crippen LogP contribution in [0.5, 0.6) is 0 Å². The van der Waals surface area contributed by atoms with Gasteiger partial charge in [-0.05, 0) is 44.9 Å². The molecule has 0 spiro atoms. The van der Waals surface area contributed by atoms with E-state index in [4.69, 9.17) is 5.73 Å². The van der Waals surface area contributed by atoms with Crippen LogP contribution in [0, 0.1) is 17.6 Å². The van der Waals surface area contributed by atoms with Crippen LogP contribution in [0.2, 0.25) is 0 Å². The Bertz CT molecular complexity index is 406. The lowest BCUT2D eigenvalue weighted by atomic mass is 10.0. The van der Waals surface area contributed by atoms with E-state index in [1.165, 1.54) is 18.2 Å². The van der Waals surface area contributed by atoms with E-state index in [0.29, 0.717) is 5.92 Å². The van der Waals surface area contributed by atoms with E-state index in [1.54, 1.807) is 0 Å². The number of hydrogen-bond acceptors (Lipinski definition) is 2. The maximum absolute atomic E-state index is 13.7. The highest BCUT2D eigenvalue weighted by atomic mass is 35.5. The lowest BCUT2D eigenvalue weighted by molar-refractivity contribution is 0.238. The summed E-state index contributed by atoms with van der Waals surface area (Å²) in [5.41, 5.74) is 6.05. The van der Waals surface area contributed by atoms with Crippen LogP contribution < -0.4 is 5.73 Å². The molecule has 0 saturated carbocycles. The molecule has 2 rings (SSSR count). The molecular weight excluding hydrogens is 270 g/mol. The first kappa shape index (κ1) is 16.3. The molecule has 3 atom stereocenters. The van der Waals surface area contributed by atoms with Gasteiger partial charge >= 0.3 is 0 Å². The molecule has 19 heavy (non-hydrogen) atoms. The quantitative estimate of drug-likeness (QED) is 0.927. The monoisotopic (exact) mass is 290 g/mol. The molecule has 5 heteroatoms. The van der Waals surface area contributed by atoms with E-state index in [9.17, 15) is 8.78 Å². The van der Waals surface area contributed by atoms with Crippen molar-refractivity contribution in [3.63, 3.8) is 0 Å². The van der Waals surface area contributed by atoms with Crippen LogP contribution in [0.15, 0.2) is 18.2 Å². The van der Waals surface area contributed by atoms with Gasteiger partial charge in [0.1, 0.15) is 11.6 Å². The molecular formula is C14H21ClF2N2. The van der Waals surface area contributed by atoms with Crippen LogP contribution in [0.4, 0.5) is 8.78 Å². The molecule has 0 amide bonds. The van der Waals surface area contributed by atoms with Crippen molar-refractivity contribution in [2.24, 2.45) is 11.7 Å². The van der Waals surface area contributed by atoms with E-state index in [1.807, 2.05) is 13.8 Å². The molecule has 1 saturated heterocycles. The van der Waals surface area contributed by atoms with Gasteiger partial charge in [0.15, 0.2) is 0 Å². The van der Waals surface area contributed by atoms with Gasteiger partial charge in [0.2, 0.25) is 0 Å². The Morgan fingerprint density at radius 3 is 2.32 bits per heavy atom. The summed E-state index contributed by atoms with van der Waals surface area (Å²) < 4.78 is 27.4. The molecule has 1 aliphatic rings. The first-order chi connectivity index (χ1) is 8.50. The van der Waals surface area contributed by atoms with Crippen LogP contribution in [0.3, 0.4) is 0 Å². The van der Waals surface area contributed by atoms with E-state index in [2.05, 4.69) is 4.90 Å². The Labute approximate surface area is 119 Å². The molecule has 108 valence electrons. The first-order valence-electron chi connectivity index (χ1n) is 6.44. The van der Waals surface area contributed by atoms with Crippen molar-refractivity contribution in [2.75, 3.05) is 13.1 Å². The van der Waals surface area contributed by atoms with Crippen LogP contribution >= 0.6 is 12.4 Å². The van der Waals surface area contributed by atoms with E-state index >= 15 is 0 Å². The molecule has 0 aromatic heterocycles. The number of hydrogen-bond donors (Lipinski definition) is 1. The standard InChI is InChI=1S/C14H20F2N2.ClH/c1-9(17)11-6-7-18(8-11)10(2)14-12(15)4-3-5-13(14)16;/h3-5,9-11H,6-8,17H2,1-2H3;1H. The van der Waals surface area contributed by atoms with Gasteiger partial charge in [-0.15, -0.1) is 12.4 Å². The maximum atomic E-state index is 13.7. The zero-order valence-electron chi connectivity index (χ0n) is 11.3. The van der Waals surface area contributed by atoms with Crippen molar-refractivity contribution in [3.05, 3.63) is 35.4 Å². The highest BCUT2D eigenvalue weighted by Crippen LogP contribution is 2.31. The average Bonchev–Trinajstić information content (AvgIpc) is 2.77. The lowest BCUT2D eigenvalue weighted by Crippen LogP contribution is -2.31. The third-order valence-electron chi connectivity index (χ3n) is 3.96. The second-order valence-electron chi connectivity index (χ2n) is 5.21. The molecule has 2 nitrogen and oxygen atoms in total. The van der Waals surface area contributed by atoms with E-state index in [0.717, 1.165) is 19.5 Å². The summed E-state index contributed by atoms with van der Waals surface area (Å²) in [5.74, 6) is -0.513. The Balaban J connectivity index is 0.00000180. The second-order valence-corrected chi connectivity index (χ2v) is 5.21. The largest absolute Gasteiger partial charge is 0.328 e. The Hall–Kier alpha value is -0.710. The fourth-order valence-electron chi connectivity index (χ4n) is 2.69. The molecule has 0 radical (unpaired) electrons. The summed E-state index contributed by atoms with van der Waals surface area (Å²) in [7, 11) is 0. The van der Waals surface area contributed by atoms with E-state index in [-0.39, 0.29) is 30.1 Å². The molecule has 1 aromatic carbocycles. The van der Waals surface area contributed by atoms with Gasteiger partial charge < -0.3 is 5.73 Å². The van der Waals surface area contributed by atoms with Crippen LogP contribution in [-0.2, 0) is 0 Å². The van der Waals surface area contributed by atoms with Crippen molar-refractivity contribution in [1.29, 1.82) is 0 Å². The lowest BCUT2D eigenvalue weighted by Gasteiger charge is -2.26.